The molecule has 2 atom stereocenters. The first-order chi connectivity index (χ1) is 10.2. The Balaban J connectivity index is 2.07. The molecule has 124 valence electrons. The molecule has 0 radical (unpaired) electrons. The summed E-state index contributed by atoms with van der Waals surface area (Å²) >= 11 is 5.93. The molecule has 1 aromatic heterocycles. The summed E-state index contributed by atoms with van der Waals surface area (Å²) in [6.07, 6.45) is 1.38. The summed E-state index contributed by atoms with van der Waals surface area (Å²) in [5.74, 6) is -0.777. The van der Waals surface area contributed by atoms with Crippen molar-refractivity contribution in [3.63, 3.8) is 0 Å². The average Bonchev–Trinajstić information content (AvgIpc) is 2.96. The van der Waals surface area contributed by atoms with Crippen LogP contribution in [0, 0.1) is 5.92 Å². The van der Waals surface area contributed by atoms with Gasteiger partial charge in [0.1, 0.15) is 5.69 Å². The van der Waals surface area contributed by atoms with E-state index in [1.54, 1.807) is 7.05 Å². The molecule has 1 N–H and O–H groups in total. The number of sulfonamides is 1. The quantitative estimate of drug-likeness (QED) is 0.787. The number of nitrogens with zero attached hydrogens (tertiary/aromatic N) is 3. The lowest BCUT2D eigenvalue weighted by molar-refractivity contribution is 0.0916. The largest absolute Gasteiger partial charge is 0.379 e. The molecule has 8 nitrogen and oxygen atoms in total. The highest BCUT2D eigenvalue weighted by molar-refractivity contribution is 7.89. The highest BCUT2D eigenvalue weighted by Gasteiger charge is 2.35. The van der Waals surface area contributed by atoms with Gasteiger partial charge in [0.15, 0.2) is 0 Å². The van der Waals surface area contributed by atoms with E-state index in [-0.39, 0.29) is 41.6 Å². The van der Waals surface area contributed by atoms with Crippen LogP contribution in [0.25, 0.3) is 0 Å². The summed E-state index contributed by atoms with van der Waals surface area (Å²) in [5.41, 5.74) is 0.239. The molecule has 1 fully saturated rings. The van der Waals surface area contributed by atoms with E-state index in [2.05, 4.69) is 10.4 Å². The van der Waals surface area contributed by atoms with Gasteiger partial charge < -0.3 is 10.1 Å². The lowest BCUT2D eigenvalue weighted by Gasteiger charge is -2.21. The highest BCUT2D eigenvalue weighted by Crippen LogP contribution is 2.19. The molecule has 1 aliphatic rings. The SMILES string of the molecule is CN(C)S(=O)(=O)C[C@@H]1COC[C@@H]1NC(=O)c1c(Cl)cnn1C. The number of aryl methyl sites for hydroxylation is 1. The molecule has 10 heteroatoms. The lowest BCUT2D eigenvalue weighted by Crippen LogP contribution is -2.44. The van der Waals surface area contributed by atoms with E-state index in [1.807, 2.05) is 0 Å². The number of rotatable bonds is 5. The van der Waals surface area contributed by atoms with Gasteiger partial charge in [-0.15, -0.1) is 0 Å². The zero-order chi connectivity index (χ0) is 16.5. The smallest absolute Gasteiger partial charge is 0.271 e. The Morgan fingerprint density at radius 3 is 2.77 bits per heavy atom. The topological polar surface area (TPSA) is 93.5 Å². The van der Waals surface area contributed by atoms with Crippen LogP contribution in [0.4, 0.5) is 0 Å². The van der Waals surface area contributed by atoms with Crippen LogP contribution in [0.15, 0.2) is 6.20 Å². The maximum atomic E-state index is 12.3. The van der Waals surface area contributed by atoms with E-state index in [9.17, 15) is 13.2 Å². The van der Waals surface area contributed by atoms with Gasteiger partial charge in [-0.2, -0.15) is 5.10 Å². The molecule has 0 bridgehead atoms. The van der Waals surface area contributed by atoms with Crippen LogP contribution in [0.2, 0.25) is 5.02 Å². The number of ether oxygens (including phenoxy) is 1. The highest BCUT2D eigenvalue weighted by atomic mass is 35.5. The van der Waals surface area contributed by atoms with Gasteiger partial charge in [-0.05, 0) is 0 Å². The molecule has 0 aliphatic carbocycles. The summed E-state index contributed by atoms with van der Waals surface area (Å²) in [6, 6.07) is -0.381. The van der Waals surface area contributed by atoms with Crippen LogP contribution < -0.4 is 5.32 Å². The van der Waals surface area contributed by atoms with Crippen molar-refractivity contribution in [2.45, 2.75) is 6.04 Å². The average molecular weight is 351 g/mol. The minimum absolute atomic E-state index is 0.0793. The number of amides is 1. The van der Waals surface area contributed by atoms with Crippen LogP contribution in [0.3, 0.4) is 0 Å². The summed E-state index contributed by atoms with van der Waals surface area (Å²) < 4.78 is 31.8. The number of halogens is 1. The van der Waals surface area contributed by atoms with Crippen molar-refractivity contribution in [1.82, 2.24) is 19.4 Å². The predicted octanol–water partition coefficient (Wildman–Crippen LogP) is -0.290. The van der Waals surface area contributed by atoms with Crippen molar-refractivity contribution < 1.29 is 17.9 Å². The van der Waals surface area contributed by atoms with Crippen molar-refractivity contribution in [3.05, 3.63) is 16.9 Å². The Labute approximate surface area is 134 Å². The molecule has 1 aromatic rings. The molecule has 1 aliphatic heterocycles. The summed E-state index contributed by atoms with van der Waals surface area (Å²) in [7, 11) is 1.21. The monoisotopic (exact) mass is 350 g/mol. The molecule has 0 saturated carbocycles. The minimum atomic E-state index is -3.36. The molecular weight excluding hydrogens is 332 g/mol. The maximum absolute atomic E-state index is 12.3. The molecular formula is C12H19ClN4O4S. The van der Waals surface area contributed by atoms with Gasteiger partial charge in [0.25, 0.3) is 5.91 Å². The van der Waals surface area contributed by atoms with Crippen LogP contribution in [0.1, 0.15) is 10.5 Å². The van der Waals surface area contributed by atoms with Crippen molar-refractivity contribution in [2.24, 2.45) is 13.0 Å². The fourth-order valence-electron chi connectivity index (χ4n) is 2.24. The number of carbonyl (C=O) groups excluding carboxylic acids is 1. The fraction of sp³-hybridized carbons (Fsp3) is 0.667. The van der Waals surface area contributed by atoms with Crippen molar-refractivity contribution in [3.8, 4) is 0 Å². The lowest BCUT2D eigenvalue weighted by atomic mass is 10.1. The van der Waals surface area contributed by atoms with Gasteiger partial charge in [-0.1, -0.05) is 11.6 Å². The number of hydrogen-bond acceptors (Lipinski definition) is 5. The number of nitrogens with one attached hydrogen (secondary N) is 1. The molecule has 1 amide bonds. The van der Waals surface area contributed by atoms with Crippen molar-refractivity contribution in [2.75, 3.05) is 33.1 Å². The van der Waals surface area contributed by atoms with E-state index < -0.39 is 15.9 Å². The zero-order valence-corrected chi connectivity index (χ0v) is 14.2. The molecule has 0 aromatic carbocycles. The summed E-state index contributed by atoms with van der Waals surface area (Å²) in [5, 5.41) is 6.93. The van der Waals surface area contributed by atoms with E-state index in [1.165, 1.54) is 29.3 Å². The van der Waals surface area contributed by atoms with Crippen LogP contribution >= 0.6 is 11.6 Å². The number of hydrogen-bond donors (Lipinski definition) is 1. The first kappa shape index (κ1) is 17.2. The Morgan fingerprint density at radius 2 is 2.23 bits per heavy atom. The molecule has 2 heterocycles. The zero-order valence-electron chi connectivity index (χ0n) is 12.6. The van der Waals surface area contributed by atoms with Crippen LogP contribution in [-0.4, -0.2) is 67.5 Å². The third kappa shape index (κ3) is 3.60. The Hall–Kier alpha value is -1.16. The van der Waals surface area contributed by atoms with E-state index in [0.717, 1.165) is 0 Å². The van der Waals surface area contributed by atoms with Crippen molar-refractivity contribution >= 4 is 27.5 Å². The van der Waals surface area contributed by atoms with Crippen LogP contribution in [0.5, 0.6) is 0 Å². The third-order valence-electron chi connectivity index (χ3n) is 3.61. The third-order valence-corrected chi connectivity index (χ3v) is 5.84. The summed E-state index contributed by atoms with van der Waals surface area (Å²) in [4.78, 5) is 12.3. The molecule has 22 heavy (non-hydrogen) atoms. The van der Waals surface area contributed by atoms with Crippen LogP contribution in [-0.2, 0) is 21.8 Å². The van der Waals surface area contributed by atoms with E-state index in [0.29, 0.717) is 0 Å². The number of aromatic nitrogens is 2. The maximum Gasteiger partial charge on any atom is 0.271 e. The second kappa shape index (κ2) is 6.53. The van der Waals surface area contributed by atoms with E-state index in [4.69, 9.17) is 16.3 Å². The molecule has 2 rings (SSSR count). The van der Waals surface area contributed by atoms with Gasteiger partial charge in [-0.3, -0.25) is 9.48 Å². The minimum Gasteiger partial charge on any atom is -0.379 e. The second-order valence-electron chi connectivity index (χ2n) is 5.40. The van der Waals surface area contributed by atoms with E-state index >= 15 is 0 Å². The van der Waals surface area contributed by atoms with Gasteiger partial charge >= 0.3 is 0 Å². The molecule has 0 unspecified atom stereocenters. The van der Waals surface area contributed by atoms with Crippen molar-refractivity contribution in [1.29, 1.82) is 0 Å². The first-order valence-electron chi connectivity index (χ1n) is 6.68. The molecule has 0 spiro atoms. The summed E-state index contributed by atoms with van der Waals surface area (Å²) in [6.45, 7) is 0.561. The number of carbonyl (C=O) groups is 1. The predicted molar refractivity (Wildman–Crippen MR) is 81.3 cm³/mol. The van der Waals surface area contributed by atoms with Gasteiger partial charge in [0.05, 0.1) is 36.2 Å². The van der Waals surface area contributed by atoms with Gasteiger partial charge in [0.2, 0.25) is 10.0 Å². The fourth-order valence-corrected chi connectivity index (χ4v) is 3.66. The standard InChI is InChI=1S/C12H19ClN4O4S/c1-16(2)22(19,20)7-8-5-21-6-10(8)15-12(18)11-9(13)4-14-17(11)3/h4,8,10H,5-7H2,1-3H3,(H,15,18)/t8-,10-/m0/s1. The second-order valence-corrected chi connectivity index (χ2v) is 8.04. The Kier molecular flexibility index (Phi) is 5.10. The Bertz CT molecular complexity index is 639. The normalized spacial score (nSPS) is 22.2. The first-order valence-corrected chi connectivity index (χ1v) is 8.67. The van der Waals surface area contributed by atoms with Gasteiger partial charge in [0, 0.05) is 27.1 Å². The van der Waals surface area contributed by atoms with Gasteiger partial charge in [-0.25, -0.2) is 12.7 Å². The Morgan fingerprint density at radius 1 is 1.55 bits per heavy atom. The molecule has 1 saturated heterocycles.